The van der Waals surface area contributed by atoms with Crippen LogP contribution in [0.2, 0.25) is 5.02 Å². The fraction of sp³-hybridized carbons (Fsp3) is 0.467. The van der Waals surface area contributed by atoms with Gasteiger partial charge in [0.1, 0.15) is 0 Å². The summed E-state index contributed by atoms with van der Waals surface area (Å²) in [6.45, 7) is 0.556. The second-order valence-corrected chi connectivity index (χ2v) is 5.39. The molecule has 0 aromatic heterocycles. The fourth-order valence-electron chi connectivity index (χ4n) is 2.03. The molecule has 0 fully saturated rings. The molecule has 5 N–H and O–H groups in total. The normalized spacial score (nSPS) is 10.3. The molecule has 0 radical (unpaired) electrons. The number of aliphatic carboxylic acids is 1. The molecular formula is C15H22ClN2O4+. The second kappa shape index (κ2) is 10.0. The molecule has 1 amide bonds. The van der Waals surface area contributed by atoms with Gasteiger partial charge in [-0.1, -0.05) is 30.9 Å². The topological polar surface area (TPSA) is 103 Å². The summed E-state index contributed by atoms with van der Waals surface area (Å²) < 4.78 is 0. The summed E-state index contributed by atoms with van der Waals surface area (Å²) in [4.78, 5) is 27.3. The smallest absolute Gasteiger partial charge is 0.303 e. The third-order valence-electron chi connectivity index (χ3n) is 3.19. The summed E-state index contributed by atoms with van der Waals surface area (Å²) >= 11 is 5.87. The highest BCUT2D eigenvalue weighted by molar-refractivity contribution is 6.31. The average Bonchev–Trinajstić information content (AvgIpc) is 2.49. The van der Waals surface area contributed by atoms with Gasteiger partial charge in [0, 0.05) is 18.0 Å². The van der Waals surface area contributed by atoms with E-state index in [-0.39, 0.29) is 12.3 Å². The van der Waals surface area contributed by atoms with Crippen LogP contribution in [0.3, 0.4) is 0 Å². The monoisotopic (exact) mass is 329 g/mol. The van der Waals surface area contributed by atoms with Crippen molar-refractivity contribution in [3.63, 3.8) is 0 Å². The van der Waals surface area contributed by atoms with Crippen molar-refractivity contribution in [1.82, 2.24) is 5.32 Å². The Kier molecular flexibility index (Phi) is 8.32. The Morgan fingerprint density at radius 2 is 1.86 bits per heavy atom. The van der Waals surface area contributed by atoms with E-state index in [4.69, 9.17) is 21.5 Å². The van der Waals surface area contributed by atoms with Crippen molar-refractivity contribution in [2.45, 2.75) is 38.5 Å². The molecular weight excluding hydrogens is 308 g/mol. The first kappa shape index (κ1) is 18.3. The summed E-state index contributed by atoms with van der Waals surface area (Å²) in [5.74, 6) is 2.70. The Bertz CT molecular complexity index is 508. The number of halogens is 1. The molecule has 0 spiro atoms. The van der Waals surface area contributed by atoms with Gasteiger partial charge in [-0.25, -0.2) is 0 Å². The lowest BCUT2D eigenvalue weighted by Gasteiger charge is -2.08. The summed E-state index contributed by atoms with van der Waals surface area (Å²) in [5, 5.41) is 11.8. The van der Waals surface area contributed by atoms with E-state index in [2.05, 4.69) is 11.2 Å². The highest BCUT2D eigenvalue weighted by Crippen LogP contribution is 2.21. The van der Waals surface area contributed by atoms with Crippen molar-refractivity contribution in [2.24, 2.45) is 0 Å². The summed E-state index contributed by atoms with van der Waals surface area (Å²) in [5.41, 5.74) is 0.365. The quantitative estimate of drug-likeness (QED) is 0.451. The number of nitrogens with one attached hydrogen (secondary N) is 1. The molecule has 6 nitrogen and oxygen atoms in total. The van der Waals surface area contributed by atoms with Crippen molar-refractivity contribution in [3.05, 3.63) is 28.8 Å². The average molecular weight is 330 g/mol. The van der Waals surface area contributed by atoms with Crippen molar-refractivity contribution in [3.8, 4) is 5.75 Å². The van der Waals surface area contributed by atoms with Crippen LogP contribution in [0.25, 0.3) is 0 Å². The first-order valence-corrected chi connectivity index (χ1v) is 7.64. The second-order valence-electron chi connectivity index (χ2n) is 4.95. The number of hydrogen-bond donors (Lipinski definition) is 3. The van der Waals surface area contributed by atoms with Gasteiger partial charge in [0.2, 0.25) is 5.75 Å². The van der Waals surface area contributed by atoms with Gasteiger partial charge < -0.3 is 15.3 Å². The SMILES string of the molecule is [NH3+]Oc1ccc(Cl)cc1C(=O)NCCCCCCCC(=O)O. The molecule has 1 aromatic rings. The van der Waals surface area contributed by atoms with Crippen molar-refractivity contribution < 1.29 is 25.4 Å². The van der Waals surface area contributed by atoms with Gasteiger partial charge in [0.15, 0.2) is 0 Å². The van der Waals surface area contributed by atoms with Crippen LogP contribution in [0, 0.1) is 0 Å². The predicted molar refractivity (Wildman–Crippen MR) is 82.6 cm³/mol. The molecule has 122 valence electrons. The maximum Gasteiger partial charge on any atom is 0.303 e. The lowest BCUT2D eigenvalue weighted by atomic mass is 10.1. The molecule has 0 aliphatic rings. The van der Waals surface area contributed by atoms with Crippen LogP contribution < -0.4 is 16.1 Å². The standard InChI is InChI=1S/C15H21ClN2O4/c16-11-7-8-13(22-17)12(10-11)15(21)18-9-5-3-1-2-4-6-14(19)20/h7-8,10H,1-6,9H2,17H3,(H-,18,19,20,21)/p+1. The molecule has 0 saturated heterocycles. The number of benzene rings is 1. The number of carboxylic acid groups (broad SMARTS) is 1. The first-order chi connectivity index (χ1) is 10.5. The van der Waals surface area contributed by atoms with E-state index in [1.54, 1.807) is 18.2 Å². The first-order valence-electron chi connectivity index (χ1n) is 7.26. The highest BCUT2D eigenvalue weighted by Gasteiger charge is 2.13. The van der Waals surface area contributed by atoms with Crippen LogP contribution in [-0.2, 0) is 4.79 Å². The van der Waals surface area contributed by atoms with E-state index >= 15 is 0 Å². The molecule has 0 saturated carbocycles. The summed E-state index contributed by atoms with van der Waals surface area (Å²) in [7, 11) is 0. The van der Waals surface area contributed by atoms with E-state index in [9.17, 15) is 9.59 Å². The Morgan fingerprint density at radius 3 is 2.55 bits per heavy atom. The number of rotatable bonds is 10. The Labute approximate surface area is 134 Å². The summed E-state index contributed by atoms with van der Waals surface area (Å²) in [6.07, 6.45) is 4.59. The molecule has 1 rings (SSSR count). The Hall–Kier alpha value is -1.79. The fourth-order valence-corrected chi connectivity index (χ4v) is 2.21. The predicted octanol–water partition coefficient (Wildman–Crippen LogP) is 2.03. The molecule has 0 aliphatic carbocycles. The van der Waals surface area contributed by atoms with Crippen LogP contribution in [0.4, 0.5) is 0 Å². The zero-order valence-corrected chi connectivity index (χ0v) is 13.2. The van der Waals surface area contributed by atoms with E-state index in [0.717, 1.165) is 25.7 Å². The number of unbranched alkanes of at least 4 members (excludes halogenated alkanes) is 4. The minimum absolute atomic E-state index is 0.222. The number of amides is 1. The van der Waals surface area contributed by atoms with Crippen LogP contribution >= 0.6 is 11.6 Å². The van der Waals surface area contributed by atoms with Crippen LogP contribution in [0.5, 0.6) is 5.75 Å². The zero-order chi connectivity index (χ0) is 16.4. The minimum Gasteiger partial charge on any atom is -0.481 e. The number of hydrogen-bond acceptors (Lipinski definition) is 3. The molecule has 0 atom stereocenters. The van der Waals surface area contributed by atoms with Gasteiger partial charge in [-0.05, 0) is 31.0 Å². The number of carbonyl (C=O) groups excluding carboxylic acids is 1. The Balaban J connectivity index is 2.24. The summed E-state index contributed by atoms with van der Waals surface area (Å²) in [6, 6.07) is 4.78. The van der Waals surface area contributed by atoms with Crippen molar-refractivity contribution >= 4 is 23.5 Å². The van der Waals surface area contributed by atoms with Crippen LogP contribution in [-0.4, -0.2) is 23.5 Å². The lowest BCUT2D eigenvalue weighted by Crippen LogP contribution is -2.54. The minimum atomic E-state index is -0.753. The largest absolute Gasteiger partial charge is 0.481 e. The molecule has 22 heavy (non-hydrogen) atoms. The number of carboxylic acids is 1. The molecule has 1 aromatic carbocycles. The van der Waals surface area contributed by atoms with Gasteiger partial charge in [0.05, 0.1) is 5.56 Å². The lowest BCUT2D eigenvalue weighted by molar-refractivity contribution is -0.635. The van der Waals surface area contributed by atoms with Crippen molar-refractivity contribution in [2.75, 3.05) is 6.54 Å². The van der Waals surface area contributed by atoms with E-state index in [0.29, 0.717) is 29.3 Å². The van der Waals surface area contributed by atoms with Gasteiger partial charge in [0.25, 0.3) is 5.91 Å². The molecule has 0 unspecified atom stereocenters. The van der Waals surface area contributed by atoms with E-state index < -0.39 is 5.97 Å². The van der Waals surface area contributed by atoms with Crippen molar-refractivity contribution in [1.29, 1.82) is 0 Å². The number of quaternary nitrogens is 1. The molecule has 0 aliphatic heterocycles. The molecule has 0 bridgehead atoms. The van der Waals surface area contributed by atoms with E-state index in [1.807, 2.05) is 0 Å². The van der Waals surface area contributed by atoms with E-state index in [1.165, 1.54) is 0 Å². The molecule has 7 heteroatoms. The third kappa shape index (κ3) is 6.78. The maximum absolute atomic E-state index is 12.0. The maximum atomic E-state index is 12.0. The van der Waals surface area contributed by atoms with Crippen LogP contribution in [0.1, 0.15) is 48.9 Å². The molecule has 0 heterocycles. The van der Waals surface area contributed by atoms with Crippen LogP contribution in [0.15, 0.2) is 18.2 Å². The van der Waals surface area contributed by atoms with Gasteiger partial charge in [-0.15, -0.1) is 0 Å². The third-order valence-corrected chi connectivity index (χ3v) is 3.43. The van der Waals surface area contributed by atoms with Gasteiger partial charge in [-0.2, -0.15) is 5.90 Å². The number of carbonyl (C=O) groups is 2. The van der Waals surface area contributed by atoms with Gasteiger partial charge >= 0.3 is 5.97 Å². The Morgan fingerprint density at radius 1 is 1.18 bits per heavy atom. The van der Waals surface area contributed by atoms with Gasteiger partial charge in [-0.3, -0.25) is 9.59 Å². The highest BCUT2D eigenvalue weighted by atomic mass is 35.5. The zero-order valence-electron chi connectivity index (χ0n) is 12.4.